The third-order valence-corrected chi connectivity index (χ3v) is 2.18. The minimum atomic E-state index is 0.346. The Morgan fingerprint density at radius 3 is 2.65 bits per heavy atom. The van der Waals surface area contributed by atoms with Crippen LogP contribution in [0.5, 0.6) is 0 Å². The van der Waals surface area contributed by atoms with Crippen LogP contribution in [0.3, 0.4) is 0 Å². The molecule has 88 valence electrons. The van der Waals surface area contributed by atoms with Crippen LogP contribution in [-0.2, 0) is 0 Å². The lowest BCUT2D eigenvalue weighted by atomic mass is 10.3. The number of nitrogens with one attached hydrogen (secondary N) is 2. The van der Waals surface area contributed by atoms with Gasteiger partial charge < -0.3 is 16.5 Å². The largest absolute Gasteiger partial charge is 0.393 e. The summed E-state index contributed by atoms with van der Waals surface area (Å²) >= 11 is 0. The Kier molecular flexibility index (Phi) is 3.01. The molecule has 2 aromatic rings. The Balaban J connectivity index is 2.30. The van der Waals surface area contributed by atoms with Crippen molar-refractivity contribution in [2.75, 3.05) is 16.5 Å². The van der Waals surface area contributed by atoms with E-state index in [1.807, 2.05) is 19.1 Å². The van der Waals surface area contributed by atoms with Gasteiger partial charge >= 0.3 is 0 Å². The van der Waals surface area contributed by atoms with Crippen molar-refractivity contribution in [3.63, 3.8) is 0 Å². The van der Waals surface area contributed by atoms with Crippen molar-refractivity contribution >= 4 is 23.1 Å². The maximum Gasteiger partial charge on any atom is 0.168 e. The number of anilines is 4. The average molecular weight is 231 g/mol. The fourth-order valence-electron chi connectivity index (χ4n) is 1.34. The zero-order valence-corrected chi connectivity index (χ0v) is 9.31. The zero-order valence-electron chi connectivity index (χ0n) is 9.31. The van der Waals surface area contributed by atoms with Crippen LogP contribution in [0.25, 0.3) is 0 Å². The molecule has 0 atom stereocenters. The zero-order chi connectivity index (χ0) is 12.3. The van der Waals surface area contributed by atoms with E-state index in [2.05, 4.69) is 25.7 Å². The van der Waals surface area contributed by atoms with E-state index in [0.717, 1.165) is 5.56 Å². The number of nitrogens with zero attached hydrogens (tertiary/aromatic N) is 3. The van der Waals surface area contributed by atoms with E-state index >= 15 is 0 Å². The Morgan fingerprint density at radius 1 is 1.18 bits per heavy atom. The molecule has 0 aliphatic rings. The first-order chi connectivity index (χ1) is 8.20. The lowest BCUT2D eigenvalue weighted by molar-refractivity contribution is 1.14. The first-order valence-electron chi connectivity index (χ1n) is 4.97. The highest BCUT2D eigenvalue weighted by Gasteiger charge is 2.07. The highest BCUT2D eigenvalue weighted by molar-refractivity contribution is 5.76. The minimum Gasteiger partial charge on any atom is -0.393 e. The fourth-order valence-corrected chi connectivity index (χ4v) is 1.34. The van der Waals surface area contributed by atoms with E-state index in [1.54, 1.807) is 6.20 Å². The summed E-state index contributed by atoms with van der Waals surface area (Å²) in [6.07, 6.45) is 3.07. The van der Waals surface area contributed by atoms with Crippen molar-refractivity contribution in [1.82, 2.24) is 15.0 Å². The smallest absolute Gasteiger partial charge is 0.168 e. The Labute approximate surface area is 98.3 Å². The van der Waals surface area contributed by atoms with E-state index < -0.39 is 0 Å². The van der Waals surface area contributed by atoms with Gasteiger partial charge in [0.1, 0.15) is 17.8 Å². The van der Waals surface area contributed by atoms with Crippen molar-refractivity contribution in [3.8, 4) is 0 Å². The number of hydrogen-bond acceptors (Lipinski definition) is 7. The fraction of sp³-hybridized carbons (Fsp3) is 0.100. The second-order valence-corrected chi connectivity index (χ2v) is 3.47. The summed E-state index contributed by atoms with van der Waals surface area (Å²) in [4.78, 5) is 12.1. The van der Waals surface area contributed by atoms with Crippen molar-refractivity contribution in [2.45, 2.75) is 6.92 Å². The van der Waals surface area contributed by atoms with Crippen LogP contribution >= 0.6 is 0 Å². The number of aryl methyl sites for hydroxylation is 1. The monoisotopic (exact) mass is 231 g/mol. The summed E-state index contributed by atoms with van der Waals surface area (Å²) in [7, 11) is 0. The summed E-state index contributed by atoms with van der Waals surface area (Å²) in [6.45, 7) is 1.98. The molecular weight excluding hydrogens is 218 g/mol. The van der Waals surface area contributed by atoms with Gasteiger partial charge in [0.05, 0.1) is 0 Å². The van der Waals surface area contributed by atoms with E-state index in [4.69, 9.17) is 11.6 Å². The highest BCUT2D eigenvalue weighted by atomic mass is 15.3. The molecule has 2 aromatic heterocycles. The molecule has 0 spiro atoms. The normalized spacial score (nSPS) is 10.0. The van der Waals surface area contributed by atoms with Gasteiger partial charge in [0.2, 0.25) is 0 Å². The van der Waals surface area contributed by atoms with Gasteiger partial charge in [-0.05, 0) is 24.6 Å². The van der Waals surface area contributed by atoms with Crippen LogP contribution < -0.4 is 22.3 Å². The molecule has 2 rings (SSSR count). The van der Waals surface area contributed by atoms with Crippen LogP contribution in [0.2, 0.25) is 0 Å². The number of hydrazine groups is 1. The molecule has 0 saturated heterocycles. The summed E-state index contributed by atoms with van der Waals surface area (Å²) in [6, 6.07) is 3.79. The van der Waals surface area contributed by atoms with E-state index in [9.17, 15) is 0 Å². The molecule has 6 N–H and O–H groups in total. The van der Waals surface area contributed by atoms with Crippen LogP contribution in [0.15, 0.2) is 24.7 Å². The molecule has 0 bridgehead atoms. The van der Waals surface area contributed by atoms with Gasteiger partial charge in [-0.3, -0.25) is 0 Å². The molecule has 0 radical (unpaired) electrons. The predicted molar refractivity (Wildman–Crippen MR) is 66.5 cm³/mol. The van der Waals surface area contributed by atoms with Gasteiger partial charge in [0, 0.05) is 6.20 Å². The molecule has 0 unspecified atom stereocenters. The highest BCUT2D eigenvalue weighted by Crippen LogP contribution is 2.24. The average Bonchev–Trinajstić information content (AvgIpc) is 2.32. The molecule has 0 amide bonds. The standard InChI is InChI=1S/C10H13N7/c1-6-2-3-13-7(4-6)16-9-8(11)10(17-12)15-5-14-9/h2-5H,11-12H2,1H3,(H2,13,14,15,16,17). The maximum absolute atomic E-state index is 5.82. The number of hydrogen-bond donors (Lipinski definition) is 4. The van der Waals surface area contributed by atoms with Crippen LogP contribution in [-0.4, -0.2) is 15.0 Å². The first kappa shape index (κ1) is 11.1. The Hall–Kier alpha value is -2.41. The summed E-state index contributed by atoms with van der Waals surface area (Å²) in [5.41, 5.74) is 9.65. The molecular formula is C10H13N7. The molecule has 0 aliphatic carbocycles. The van der Waals surface area contributed by atoms with E-state index in [-0.39, 0.29) is 0 Å². The van der Waals surface area contributed by atoms with Gasteiger partial charge in [-0.15, -0.1) is 0 Å². The van der Waals surface area contributed by atoms with Gasteiger partial charge in [0.25, 0.3) is 0 Å². The molecule has 7 heteroatoms. The summed E-state index contributed by atoms with van der Waals surface area (Å²) in [5.74, 6) is 6.77. The second kappa shape index (κ2) is 4.62. The van der Waals surface area contributed by atoms with E-state index in [1.165, 1.54) is 6.33 Å². The maximum atomic E-state index is 5.82. The van der Waals surface area contributed by atoms with Crippen LogP contribution in [0.1, 0.15) is 5.56 Å². The Morgan fingerprint density at radius 2 is 1.94 bits per heavy atom. The third kappa shape index (κ3) is 2.40. The number of pyridine rings is 1. The van der Waals surface area contributed by atoms with Crippen LogP contribution in [0.4, 0.5) is 23.1 Å². The number of aromatic nitrogens is 3. The van der Waals surface area contributed by atoms with Gasteiger partial charge in [0.15, 0.2) is 11.6 Å². The molecule has 0 aliphatic heterocycles. The third-order valence-electron chi connectivity index (χ3n) is 2.18. The molecule has 7 nitrogen and oxygen atoms in total. The summed E-state index contributed by atoms with van der Waals surface area (Å²) < 4.78 is 0. The molecule has 17 heavy (non-hydrogen) atoms. The van der Waals surface area contributed by atoms with Crippen molar-refractivity contribution in [3.05, 3.63) is 30.2 Å². The van der Waals surface area contributed by atoms with E-state index in [0.29, 0.717) is 23.1 Å². The van der Waals surface area contributed by atoms with Crippen molar-refractivity contribution in [1.29, 1.82) is 0 Å². The number of nitrogen functional groups attached to an aromatic ring is 2. The molecule has 0 saturated carbocycles. The lowest BCUT2D eigenvalue weighted by Crippen LogP contribution is -2.12. The molecule has 2 heterocycles. The van der Waals surface area contributed by atoms with Crippen molar-refractivity contribution < 1.29 is 0 Å². The predicted octanol–water partition coefficient (Wildman–Crippen LogP) is 0.791. The van der Waals surface area contributed by atoms with Crippen molar-refractivity contribution in [2.24, 2.45) is 5.84 Å². The second-order valence-electron chi connectivity index (χ2n) is 3.47. The van der Waals surface area contributed by atoms with Gasteiger partial charge in [-0.1, -0.05) is 0 Å². The first-order valence-corrected chi connectivity index (χ1v) is 4.97. The molecule has 0 fully saturated rings. The van der Waals surface area contributed by atoms with Gasteiger partial charge in [-0.25, -0.2) is 20.8 Å². The van der Waals surface area contributed by atoms with Crippen LogP contribution in [0, 0.1) is 6.92 Å². The topological polar surface area (TPSA) is 115 Å². The number of nitrogens with two attached hydrogens (primary N) is 2. The SMILES string of the molecule is Cc1ccnc(Nc2ncnc(NN)c2N)c1. The summed E-state index contributed by atoms with van der Waals surface area (Å²) in [5, 5.41) is 3.00. The molecule has 0 aromatic carbocycles. The lowest BCUT2D eigenvalue weighted by Gasteiger charge is -2.10. The number of rotatable bonds is 3. The Bertz CT molecular complexity index is 526. The minimum absolute atomic E-state index is 0.346. The van der Waals surface area contributed by atoms with Gasteiger partial charge in [-0.2, -0.15) is 0 Å². The quantitative estimate of drug-likeness (QED) is 0.456.